The Labute approximate surface area is 181 Å². The van der Waals surface area contributed by atoms with Gasteiger partial charge in [-0.25, -0.2) is 0 Å². The molecule has 2 heterocycles. The molecule has 2 aromatic carbocycles. The van der Waals surface area contributed by atoms with Crippen molar-refractivity contribution in [3.05, 3.63) is 47.5 Å². The molecule has 0 radical (unpaired) electrons. The molecule has 1 amide bonds. The minimum atomic E-state index is -0.446. The summed E-state index contributed by atoms with van der Waals surface area (Å²) in [5.74, 6) is 1.05. The van der Waals surface area contributed by atoms with Gasteiger partial charge in [-0.1, -0.05) is 18.2 Å². The van der Waals surface area contributed by atoms with Crippen molar-refractivity contribution in [2.45, 2.75) is 6.54 Å². The molecule has 8 nitrogen and oxygen atoms in total. The monoisotopic (exact) mass is 425 g/mol. The average Bonchev–Trinajstić information content (AvgIpc) is 3.04. The Morgan fingerprint density at radius 3 is 2.16 bits per heavy atom. The average molecular weight is 425 g/mol. The molecule has 0 atom stereocenters. The molecule has 2 aliphatic rings. The first-order valence-corrected chi connectivity index (χ1v) is 10.2. The topological polar surface area (TPSA) is 71.6 Å². The number of methoxy groups -OCH3 is 3. The lowest BCUT2D eigenvalue weighted by Gasteiger charge is -2.36. The Kier molecular flexibility index (Phi) is 6.11. The number of piperazine rings is 1. The quantitative estimate of drug-likeness (QED) is 0.629. The highest BCUT2D eigenvalue weighted by Gasteiger charge is 2.36. The summed E-state index contributed by atoms with van der Waals surface area (Å²) in [6.07, 6.45) is 0. The summed E-state index contributed by atoms with van der Waals surface area (Å²) in [6, 6.07) is 11.1. The maximum atomic E-state index is 12.4. The number of rotatable bonds is 7. The molecule has 0 aromatic heterocycles. The van der Waals surface area contributed by atoms with Crippen LogP contribution in [0.2, 0.25) is 0 Å². The Morgan fingerprint density at radius 1 is 0.806 bits per heavy atom. The van der Waals surface area contributed by atoms with E-state index in [2.05, 4.69) is 9.80 Å². The maximum Gasteiger partial charge on any atom is 0.300 e. The lowest BCUT2D eigenvalue weighted by Crippen LogP contribution is -2.50. The number of Topliss-reactive ketones (excluding diaryl/α,β-unsaturated/α-hetero) is 1. The number of anilines is 1. The van der Waals surface area contributed by atoms with Gasteiger partial charge in [0.25, 0.3) is 5.78 Å². The third kappa shape index (κ3) is 3.96. The summed E-state index contributed by atoms with van der Waals surface area (Å²) in [5.41, 5.74) is 2.23. The molecule has 0 saturated carbocycles. The molecule has 4 rings (SSSR count). The van der Waals surface area contributed by atoms with Gasteiger partial charge < -0.3 is 14.2 Å². The molecular formula is C23H27N3O5. The molecule has 0 bridgehead atoms. The van der Waals surface area contributed by atoms with Gasteiger partial charge in [0.05, 0.1) is 39.2 Å². The molecule has 0 unspecified atom stereocenters. The van der Waals surface area contributed by atoms with Crippen LogP contribution in [0.15, 0.2) is 36.4 Å². The fourth-order valence-electron chi connectivity index (χ4n) is 4.21. The number of nitrogens with zero attached hydrogens (tertiary/aromatic N) is 3. The van der Waals surface area contributed by atoms with E-state index >= 15 is 0 Å². The van der Waals surface area contributed by atoms with E-state index in [4.69, 9.17) is 14.2 Å². The van der Waals surface area contributed by atoms with Gasteiger partial charge in [0, 0.05) is 38.3 Å². The van der Waals surface area contributed by atoms with Crippen LogP contribution < -0.4 is 19.1 Å². The van der Waals surface area contributed by atoms with Crippen molar-refractivity contribution >= 4 is 17.4 Å². The minimum Gasteiger partial charge on any atom is -0.493 e. The highest BCUT2D eigenvalue weighted by molar-refractivity contribution is 6.52. The number of fused-ring (bicyclic) bond motifs is 1. The smallest absolute Gasteiger partial charge is 0.300 e. The molecule has 8 heteroatoms. The number of hydrogen-bond acceptors (Lipinski definition) is 7. The summed E-state index contributed by atoms with van der Waals surface area (Å²) >= 11 is 0. The number of benzene rings is 2. The molecule has 31 heavy (non-hydrogen) atoms. The van der Waals surface area contributed by atoms with E-state index in [1.165, 1.54) is 0 Å². The van der Waals surface area contributed by atoms with Crippen LogP contribution >= 0.6 is 0 Å². The van der Waals surface area contributed by atoms with Gasteiger partial charge in [0.2, 0.25) is 5.75 Å². The Hall–Kier alpha value is -3.10. The van der Waals surface area contributed by atoms with Crippen LogP contribution in [0.3, 0.4) is 0 Å². The van der Waals surface area contributed by atoms with Crippen molar-refractivity contribution in [2.75, 3.05) is 59.1 Å². The molecule has 1 saturated heterocycles. The minimum absolute atomic E-state index is 0.421. The second-order valence-corrected chi connectivity index (χ2v) is 7.61. The van der Waals surface area contributed by atoms with Crippen LogP contribution in [0.1, 0.15) is 15.9 Å². The van der Waals surface area contributed by atoms with Crippen molar-refractivity contribution in [3.8, 4) is 17.2 Å². The van der Waals surface area contributed by atoms with Crippen molar-refractivity contribution in [1.29, 1.82) is 0 Å². The normalized spacial score (nSPS) is 17.1. The predicted octanol–water partition coefficient (Wildman–Crippen LogP) is 2.02. The highest BCUT2D eigenvalue weighted by Crippen LogP contribution is 2.40. The number of carbonyl (C=O) groups is 2. The molecule has 2 aromatic rings. The first-order chi connectivity index (χ1) is 15.1. The van der Waals surface area contributed by atoms with Crippen molar-refractivity contribution in [3.63, 3.8) is 0 Å². The van der Waals surface area contributed by atoms with Crippen molar-refractivity contribution in [2.24, 2.45) is 0 Å². The lowest BCUT2D eigenvalue weighted by molar-refractivity contribution is -0.114. The summed E-state index contributed by atoms with van der Waals surface area (Å²) in [4.78, 5) is 30.8. The third-order valence-electron chi connectivity index (χ3n) is 5.86. The number of ether oxygens (including phenoxy) is 3. The standard InChI is InChI=1S/C23H27N3O5/c1-29-19-9-8-16(21(30-2)22(19)31-3)14-24-10-12-25(13-11-24)15-26-18-7-5-4-6-17(18)20(27)23(26)28/h4-9H,10-15H2,1-3H3. The zero-order chi connectivity index (χ0) is 22.0. The number of ketones is 1. The summed E-state index contributed by atoms with van der Waals surface area (Å²) in [6.45, 7) is 4.44. The summed E-state index contributed by atoms with van der Waals surface area (Å²) in [7, 11) is 4.84. The number of hydrogen-bond donors (Lipinski definition) is 0. The number of amides is 1. The maximum absolute atomic E-state index is 12.4. The van der Waals surface area contributed by atoms with E-state index in [-0.39, 0.29) is 0 Å². The predicted molar refractivity (Wildman–Crippen MR) is 116 cm³/mol. The van der Waals surface area contributed by atoms with E-state index in [1.807, 2.05) is 24.3 Å². The van der Waals surface area contributed by atoms with Gasteiger partial charge in [0.1, 0.15) is 0 Å². The van der Waals surface area contributed by atoms with Crippen LogP contribution in [0.4, 0.5) is 5.69 Å². The van der Waals surface area contributed by atoms with E-state index in [0.29, 0.717) is 35.2 Å². The van der Waals surface area contributed by atoms with Crippen LogP contribution in [-0.2, 0) is 11.3 Å². The number of carbonyl (C=O) groups excluding carboxylic acids is 2. The van der Waals surface area contributed by atoms with E-state index in [0.717, 1.165) is 38.3 Å². The molecule has 1 fully saturated rings. The summed E-state index contributed by atoms with van der Waals surface area (Å²) in [5, 5.41) is 0. The summed E-state index contributed by atoms with van der Waals surface area (Å²) < 4.78 is 16.4. The van der Waals surface area contributed by atoms with Gasteiger partial charge in [-0.15, -0.1) is 0 Å². The lowest BCUT2D eigenvalue weighted by atomic mass is 10.1. The van der Waals surface area contributed by atoms with Crippen LogP contribution in [0.25, 0.3) is 0 Å². The SMILES string of the molecule is COc1ccc(CN2CCN(CN3C(=O)C(=O)c4ccccc43)CC2)c(OC)c1OC. The van der Waals surface area contributed by atoms with E-state index in [9.17, 15) is 9.59 Å². The van der Waals surface area contributed by atoms with Gasteiger partial charge in [0.15, 0.2) is 11.5 Å². The largest absolute Gasteiger partial charge is 0.493 e. The zero-order valence-corrected chi connectivity index (χ0v) is 18.1. The molecule has 0 N–H and O–H groups in total. The van der Waals surface area contributed by atoms with Gasteiger partial charge in [-0.3, -0.25) is 24.3 Å². The second-order valence-electron chi connectivity index (χ2n) is 7.61. The van der Waals surface area contributed by atoms with Crippen LogP contribution in [0, 0.1) is 0 Å². The van der Waals surface area contributed by atoms with Crippen LogP contribution in [-0.4, -0.2) is 75.7 Å². The Balaban J connectivity index is 1.39. The molecule has 2 aliphatic heterocycles. The molecular weight excluding hydrogens is 398 g/mol. The fourth-order valence-corrected chi connectivity index (χ4v) is 4.21. The van der Waals surface area contributed by atoms with Crippen molar-refractivity contribution < 1.29 is 23.8 Å². The highest BCUT2D eigenvalue weighted by atomic mass is 16.5. The van der Waals surface area contributed by atoms with E-state index < -0.39 is 11.7 Å². The van der Waals surface area contributed by atoms with Crippen LogP contribution in [0.5, 0.6) is 17.2 Å². The first kappa shape index (κ1) is 21.1. The van der Waals surface area contributed by atoms with Gasteiger partial charge in [-0.2, -0.15) is 0 Å². The second kappa shape index (κ2) is 8.95. The fraction of sp³-hybridized carbons (Fsp3) is 0.391. The molecule has 164 valence electrons. The Bertz CT molecular complexity index is 985. The number of para-hydroxylation sites is 1. The Morgan fingerprint density at radius 2 is 1.48 bits per heavy atom. The molecule has 0 spiro atoms. The van der Waals surface area contributed by atoms with Crippen molar-refractivity contribution in [1.82, 2.24) is 9.80 Å². The molecule has 0 aliphatic carbocycles. The zero-order valence-electron chi connectivity index (χ0n) is 18.1. The van der Waals surface area contributed by atoms with Gasteiger partial charge >= 0.3 is 5.91 Å². The van der Waals surface area contributed by atoms with E-state index in [1.54, 1.807) is 38.4 Å². The van der Waals surface area contributed by atoms with Gasteiger partial charge in [-0.05, 0) is 18.2 Å². The first-order valence-electron chi connectivity index (χ1n) is 10.2. The third-order valence-corrected chi connectivity index (χ3v) is 5.86.